The maximum absolute atomic E-state index is 12.3. The summed E-state index contributed by atoms with van der Waals surface area (Å²) in [6.07, 6.45) is 0.704. The SMILES string of the molecule is CCC(C)(C)NS(=O)(=O)c1ccc(Br)c(Cl)c1C. The lowest BCUT2D eigenvalue weighted by Crippen LogP contribution is -2.42. The van der Waals surface area contributed by atoms with E-state index in [-0.39, 0.29) is 4.90 Å². The van der Waals surface area contributed by atoms with Crippen molar-refractivity contribution in [3.63, 3.8) is 0 Å². The lowest BCUT2D eigenvalue weighted by molar-refractivity contribution is 0.439. The van der Waals surface area contributed by atoms with E-state index in [1.165, 1.54) is 0 Å². The van der Waals surface area contributed by atoms with Gasteiger partial charge in [0.15, 0.2) is 0 Å². The number of sulfonamides is 1. The van der Waals surface area contributed by atoms with Crippen molar-refractivity contribution in [2.24, 2.45) is 0 Å². The van der Waals surface area contributed by atoms with E-state index in [0.717, 1.165) is 0 Å². The summed E-state index contributed by atoms with van der Waals surface area (Å²) < 4.78 is 28.0. The Morgan fingerprint density at radius 3 is 2.44 bits per heavy atom. The average molecular weight is 355 g/mol. The third-order valence-electron chi connectivity index (χ3n) is 2.87. The molecule has 0 aliphatic heterocycles. The van der Waals surface area contributed by atoms with E-state index in [0.29, 0.717) is 21.5 Å². The highest BCUT2D eigenvalue weighted by Gasteiger charge is 2.26. The number of rotatable bonds is 4. The van der Waals surface area contributed by atoms with Gasteiger partial charge in [-0.25, -0.2) is 13.1 Å². The second-order valence-corrected chi connectivity index (χ2v) is 7.71. The van der Waals surface area contributed by atoms with Crippen LogP contribution in [-0.2, 0) is 10.0 Å². The minimum atomic E-state index is -3.56. The van der Waals surface area contributed by atoms with Crippen molar-refractivity contribution in [1.82, 2.24) is 4.72 Å². The molecule has 1 N–H and O–H groups in total. The molecule has 0 atom stereocenters. The molecule has 6 heteroatoms. The molecule has 0 saturated heterocycles. The lowest BCUT2D eigenvalue weighted by Gasteiger charge is -2.24. The first-order chi connectivity index (χ1) is 8.10. The van der Waals surface area contributed by atoms with Crippen molar-refractivity contribution in [2.75, 3.05) is 0 Å². The van der Waals surface area contributed by atoms with Crippen molar-refractivity contribution >= 4 is 37.6 Å². The zero-order valence-corrected chi connectivity index (χ0v) is 14.0. The van der Waals surface area contributed by atoms with Crippen LogP contribution in [0.15, 0.2) is 21.5 Å². The van der Waals surface area contributed by atoms with Gasteiger partial charge in [-0.2, -0.15) is 0 Å². The molecule has 0 unspecified atom stereocenters. The largest absolute Gasteiger partial charge is 0.241 e. The molecule has 0 radical (unpaired) electrons. The molecule has 3 nitrogen and oxygen atoms in total. The molecular weight excluding hydrogens is 338 g/mol. The van der Waals surface area contributed by atoms with Gasteiger partial charge in [0, 0.05) is 10.0 Å². The van der Waals surface area contributed by atoms with Crippen LogP contribution in [0.5, 0.6) is 0 Å². The molecule has 0 fully saturated rings. The molecule has 0 aliphatic carbocycles. The molecule has 0 saturated carbocycles. The Kier molecular flexibility index (Phi) is 4.87. The van der Waals surface area contributed by atoms with Gasteiger partial charge in [-0.15, -0.1) is 0 Å². The fourth-order valence-electron chi connectivity index (χ4n) is 1.42. The van der Waals surface area contributed by atoms with Crippen LogP contribution in [0.4, 0.5) is 0 Å². The standard InChI is InChI=1S/C12H17BrClNO2S/c1-5-12(3,4)15-18(16,17)10-7-6-9(13)11(14)8(10)2/h6-7,15H,5H2,1-4H3. The van der Waals surface area contributed by atoms with Crippen molar-refractivity contribution < 1.29 is 8.42 Å². The second kappa shape index (κ2) is 5.49. The first kappa shape index (κ1) is 16.0. The summed E-state index contributed by atoms with van der Waals surface area (Å²) in [4.78, 5) is 0.220. The average Bonchev–Trinajstić information content (AvgIpc) is 2.24. The molecule has 0 bridgehead atoms. The fourth-order valence-corrected chi connectivity index (χ4v) is 3.80. The van der Waals surface area contributed by atoms with Crippen LogP contribution in [-0.4, -0.2) is 14.0 Å². The summed E-state index contributed by atoms with van der Waals surface area (Å²) in [7, 11) is -3.56. The third-order valence-corrected chi connectivity index (χ3v) is 6.09. The van der Waals surface area contributed by atoms with Crippen molar-refractivity contribution in [2.45, 2.75) is 44.6 Å². The highest BCUT2D eigenvalue weighted by molar-refractivity contribution is 9.10. The number of halogens is 2. The summed E-state index contributed by atoms with van der Waals surface area (Å²) in [5.74, 6) is 0. The third kappa shape index (κ3) is 3.47. The number of hydrogen-bond acceptors (Lipinski definition) is 2. The van der Waals surface area contributed by atoms with Gasteiger partial charge >= 0.3 is 0 Å². The van der Waals surface area contributed by atoms with Crippen molar-refractivity contribution in [3.8, 4) is 0 Å². The Morgan fingerprint density at radius 1 is 1.39 bits per heavy atom. The zero-order chi connectivity index (χ0) is 14.1. The number of hydrogen-bond donors (Lipinski definition) is 1. The van der Waals surface area contributed by atoms with E-state index in [1.807, 2.05) is 20.8 Å². The Balaban J connectivity index is 3.27. The second-order valence-electron chi connectivity index (χ2n) is 4.83. The quantitative estimate of drug-likeness (QED) is 0.892. The van der Waals surface area contributed by atoms with Crippen LogP contribution in [0.25, 0.3) is 0 Å². The van der Waals surface area contributed by atoms with Gasteiger partial charge in [0.1, 0.15) is 0 Å². The zero-order valence-electron chi connectivity index (χ0n) is 10.8. The summed E-state index contributed by atoms with van der Waals surface area (Å²) in [5.41, 5.74) is 0.0654. The maximum atomic E-state index is 12.3. The van der Waals surface area contributed by atoms with Crippen LogP contribution in [0.3, 0.4) is 0 Å². The van der Waals surface area contributed by atoms with Crippen LogP contribution >= 0.6 is 27.5 Å². The molecular formula is C12H17BrClNO2S. The van der Waals surface area contributed by atoms with Crippen LogP contribution < -0.4 is 4.72 Å². The Labute approximate surface area is 122 Å². The molecule has 0 amide bonds. The molecule has 0 spiro atoms. The van der Waals surface area contributed by atoms with Gasteiger partial charge in [0.2, 0.25) is 10.0 Å². The maximum Gasteiger partial charge on any atom is 0.241 e. The summed E-state index contributed by atoms with van der Waals surface area (Å²) in [6, 6.07) is 3.20. The predicted octanol–water partition coefficient (Wildman–Crippen LogP) is 3.88. The van der Waals surface area contributed by atoms with E-state index in [2.05, 4.69) is 20.7 Å². The van der Waals surface area contributed by atoms with E-state index in [4.69, 9.17) is 11.6 Å². The van der Waals surface area contributed by atoms with E-state index < -0.39 is 15.6 Å². The van der Waals surface area contributed by atoms with E-state index in [9.17, 15) is 8.42 Å². The highest BCUT2D eigenvalue weighted by atomic mass is 79.9. The Morgan fingerprint density at radius 2 is 1.94 bits per heavy atom. The highest BCUT2D eigenvalue weighted by Crippen LogP contribution is 2.31. The van der Waals surface area contributed by atoms with Gasteiger partial charge < -0.3 is 0 Å². The van der Waals surface area contributed by atoms with Crippen molar-refractivity contribution in [3.05, 3.63) is 27.2 Å². The minimum Gasteiger partial charge on any atom is -0.207 e. The molecule has 0 aliphatic rings. The Hall–Kier alpha value is -0.100. The van der Waals surface area contributed by atoms with Gasteiger partial charge in [-0.05, 0) is 60.8 Å². The molecule has 18 heavy (non-hydrogen) atoms. The summed E-state index contributed by atoms with van der Waals surface area (Å²) in [6.45, 7) is 7.32. The van der Waals surface area contributed by atoms with Crippen molar-refractivity contribution in [1.29, 1.82) is 0 Å². The molecule has 1 rings (SSSR count). The molecule has 0 aromatic heterocycles. The van der Waals surface area contributed by atoms with E-state index >= 15 is 0 Å². The smallest absolute Gasteiger partial charge is 0.207 e. The van der Waals surface area contributed by atoms with Gasteiger partial charge in [0.05, 0.1) is 9.92 Å². The first-order valence-corrected chi connectivity index (χ1v) is 8.25. The lowest BCUT2D eigenvalue weighted by atomic mass is 10.0. The van der Waals surface area contributed by atoms with E-state index in [1.54, 1.807) is 19.1 Å². The molecule has 1 aromatic carbocycles. The summed E-state index contributed by atoms with van der Waals surface area (Å²) in [5, 5.41) is 0.423. The topological polar surface area (TPSA) is 46.2 Å². The first-order valence-electron chi connectivity index (χ1n) is 5.59. The number of benzene rings is 1. The van der Waals surface area contributed by atoms with Gasteiger partial charge in [-0.3, -0.25) is 0 Å². The fraction of sp³-hybridized carbons (Fsp3) is 0.500. The van der Waals surface area contributed by atoms with Crippen LogP contribution in [0, 0.1) is 6.92 Å². The normalized spacial score (nSPS) is 12.8. The van der Waals surface area contributed by atoms with Crippen LogP contribution in [0.1, 0.15) is 32.8 Å². The number of nitrogens with one attached hydrogen (secondary N) is 1. The predicted molar refractivity (Wildman–Crippen MR) is 78.6 cm³/mol. The monoisotopic (exact) mass is 353 g/mol. The molecule has 102 valence electrons. The summed E-state index contributed by atoms with van der Waals surface area (Å²) >= 11 is 9.33. The van der Waals surface area contributed by atoms with Gasteiger partial charge in [-0.1, -0.05) is 18.5 Å². The van der Waals surface area contributed by atoms with Gasteiger partial charge in [0.25, 0.3) is 0 Å². The minimum absolute atomic E-state index is 0.220. The molecule has 1 aromatic rings. The van der Waals surface area contributed by atoms with Crippen LogP contribution in [0.2, 0.25) is 5.02 Å². The Bertz CT molecular complexity index is 555. The molecule has 0 heterocycles.